The molecule has 2 aromatic carbocycles. The molecule has 6 heteroatoms. The van der Waals surface area contributed by atoms with Crippen molar-refractivity contribution in [3.63, 3.8) is 0 Å². The van der Waals surface area contributed by atoms with E-state index in [9.17, 15) is 14.4 Å². The fraction of sp³-hybridized carbons (Fsp3) is 0.105. The number of allylic oxidation sites excluding steroid dienone is 2. The summed E-state index contributed by atoms with van der Waals surface area (Å²) in [7, 11) is 0. The molecule has 1 amide bonds. The quantitative estimate of drug-likeness (QED) is 0.597. The summed E-state index contributed by atoms with van der Waals surface area (Å²) in [5.41, 5.74) is 1.16. The van der Waals surface area contributed by atoms with E-state index in [1.54, 1.807) is 24.3 Å². The lowest BCUT2D eigenvalue weighted by Crippen LogP contribution is -2.57. The number of rotatable bonds is 2. The van der Waals surface area contributed by atoms with Gasteiger partial charge in [0.2, 0.25) is 17.5 Å². The molecule has 0 spiro atoms. The van der Waals surface area contributed by atoms with Gasteiger partial charge in [-0.05, 0) is 5.56 Å². The van der Waals surface area contributed by atoms with E-state index in [-0.39, 0.29) is 21.9 Å². The van der Waals surface area contributed by atoms with E-state index >= 15 is 0 Å². The Morgan fingerprint density at radius 2 is 1.36 bits per heavy atom. The Balaban J connectivity index is 1.83. The first-order valence-electron chi connectivity index (χ1n) is 7.62. The summed E-state index contributed by atoms with van der Waals surface area (Å²) in [5.74, 6) is -1.35. The first-order valence-corrected chi connectivity index (χ1v) is 8.44. The third-order valence-electron chi connectivity index (χ3n) is 4.45. The predicted octanol–water partition coefficient (Wildman–Crippen LogP) is 3.71. The third-order valence-corrected chi connectivity index (χ3v) is 5.23. The topological polar surface area (TPSA) is 54.5 Å². The lowest BCUT2D eigenvalue weighted by Gasteiger charge is -2.46. The van der Waals surface area contributed by atoms with Crippen molar-refractivity contribution in [3.8, 4) is 0 Å². The number of likely N-dealkylation sites (tertiary alicyclic amines) is 1. The van der Waals surface area contributed by atoms with Crippen LogP contribution in [0.4, 0.5) is 0 Å². The van der Waals surface area contributed by atoms with E-state index < -0.39 is 28.9 Å². The highest BCUT2D eigenvalue weighted by atomic mass is 35.5. The van der Waals surface area contributed by atoms with Crippen LogP contribution in [0.15, 0.2) is 65.3 Å². The summed E-state index contributed by atoms with van der Waals surface area (Å²) in [5, 5.41) is -1.05. The van der Waals surface area contributed by atoms with Crippen LogP contribution in [0.2, 0.25) is 0 Å². The zero-order valence-electron chi connectivity index (χ0n) is 12.8. The van der Waals surface area contributed by atoms with Crippen LogP contribution in [0, 0.1) is 0 Å². The van der Waals surface area contributed by atoms with Crippen molar-refractivity contribution < 1.29 is 14.4 Å². The fourth-order valence-electron chi connectivity index (χ4n) is 3.22. The van der Waals surface area contributed by atoms with Crippen molar-refractivity contribution in [3.05, 3.63) is 82.0 Å². The summed E-state index contributed by atoms with van der Waals surface area (Å²) >= 11 is 12.4. The second-order valence-electron chi connectivity index (χ2n) is 5.83. The molecule has 1 aliphatic carbocycles. The van der Waals surface area contributed by atoms with Gasteiger partial charge in [-0.1, -0.05) is 66.2 Å². The zero-order chi connectivity index (χ0) is 17.7. The lowest BCUT2D eigenvalue weighted by molar-refractivity contribution is -0.141. The number of carbonyl (C=O) groups excluding carboxylic acids is 3. The first kappa shape index (κ1) is 16.1. The molecular weight excluding hydrogens is 361 g/mol. The molecule has 4 rings (SSSR count). The number of carbonyl (C=O) groups is 3. The minimum absolute atomic E-state index is 0.0962. The minimum Gasteiger partial charge on any atom is -0.296 e. The lowest BCUT2D eigenvalue weighted by atomic mass is 9.86. The second-order valence-corrected chi connectivity index (χ2v) is 6.68. The van der Waals surface area contributed by atoms with Gasteiger partial charge in [-0.15, -0.1) is 11.6 Å². The number of fused-ring (bicyclic) bond motifs is 1. The van der Waals surface area contributed by atoms with Crippen LogP contribution in [0.1, 0.15) is 32.3 Å². The molecular formula is C19H11Cl2NO3. The molecule has 0 radical (unpaired) electrons. The Morgan fingerprint density at radius 1 is 0.800 bits per heavy atom. The number of halogens is 2. The summed E-state index contributed by atoms with van der Waals surface area (Å²) in [4.78, 5) is 39.1. The number of benzene rings is 2. The maximum absolute atomic E-state index is 12.9. The van der Waals surface area contributed by atoms with Gasteiger partial charge in [0.1, 0.15) is 16.1 Å². The molecule has 2 unspecified atom stereocenters. The molecule has 2 atom stereocenters. The minimum atomic E-state index is -0.806. The van der Waals surface area contributed by atoms with Crippen LogP contribution in [0.25, 0.3) is 0 Å². The van der Waals surface area contributed by atoms with Crippen LogP contribution in [-0.2, 0) is 4.79 Å². The molecule has 1 saturated heterocycles. The molecule has 4 nitrogen and oxygen atoms in total. The molecule has 1 fully saturated rings. The van der Waals surface area contributed by atoms with Crippen molar-refractivity contribution in [1.82, 2.24) is 4.90 Å². The number of β-lactam (4-membered cyclic amide) rings is 1. The molecule has 124 valence electrons. The van der Waals surface area contributed by atoms with E-state index in [2.05, 4.69) is 0 Å². The summed E-state index contributed by atoms with van der Waals surface area (Å²) in [6.45, 7) is 0. The Hall–Kier alpha value is -2.43. The number of alkyl halides is 1. The number of hydrogen-bond acceptors (Lipinski definition) is 3. The van der Waals surface area contributed by atoms with Crippen molar-refractivity contribution >= 4 is 40.7 Å². The van der Waals surface area contributed by atoms with E-state index in [1.165, 1.54) is 4.90 Å². The smallest absolute Gasteiger partial charge is 0.248 e. The molecule has 25 heavy (non-hydrogen) atoms. The average molecular weight is 372 g/mol. The van der Waals surface area contributed by atoms with Crippen LogP contribution >= 0.6 is 23.2 Å². The second kappa shape index (κ2) is 5.83. The van der Waals surface area contributed by atoms with Gasteiger partial charge in [-0.3, -0.25) is 19.3 Å². The van der Waals surface area contributed by atoms with Gasteiger partial charge in [0, 0.05) is 11.1 Å². The molecule has 2 aliphatic rings. The highest BCUT2D eigenvalue weighted by Gasteiger charge is 2.52. The van der Waals surface area contributed by atoms with Crippen LogP contribution in [0.3, 0.4) is 0 Å². The number of amides is 1. The van der Waals surface area contributed by atoms with Gasteiger partial charge in [-0.25, -0.2) is 0 Å². The standard InChI is InChI=1S/C19H11Cl2NO3/c20-13-16(18(24)12-9-5-4-8-11(12)17(13)23)22-15(14(21)19(22)25)10-6-2-1-3-7-10/h1-9,14-15H. The van der Waals surface area contributed by atoms with Crippen molar-refractivity contribution in [2.45, 2.75) is 11.4 Å². The van der Waals surface area contributed by atoms with Gasteiger partial charge in [0.25, 0.3) is 0 Å². The molecule has 1 aliphatic heterocycles. The van der Waals surface area contributed by atoms with E-state index in [1.807, 2.05) is 30.3 Å². The molecule has 2 aromatic rings. The van der Waals surface area contributed by atoms with Crippen LogP contribution < -0.4 is 0 Å². The monoisotopic (exact) mass is 371 g/mol. The zero-order valence-corrected chi connectivity index (χ0v) is 14.3. The number of Topliss-reactive ketones (excluding diaryl/α,β-unsaturated/α-hetero) is 2. The highest BCUT2D eigenvalue weighted by molar-refractivity contribution is 6.50. The van der Waals surface area contributed by atoms with Gasteiger partial charge in [0.15, 0.2) is 0 Å². The maximum atomic E-state index is 12.9. The SMILES string of the molecule is O=C1C(Cl)=C(N2C(=O)C(Cl)C2c2ccccc2)C(=O)c2ccccc21. The summed E-state index contributed by atoms with van der Waals surface area (Å²) < 4.78 is 0. The largest absolute Gasteiger partial charge is 0.296 e. The summed E-state index contributed by atoms with van der Waals surface area (Å²) in [6, 6.07) is 15.0. The number of nitrogens with zero attached hydrogens (tertiary/aromatic N) is 1. The number of hydrogen-bond donors (Lipinski definition) is 0. The Labute approximate surface area is 153 Å². The maximum Gasteiger partial charge on any atom is 0.248 e. The predicted molar refractivity (Wildman–Crippen MR) is 93.7 cm³/mol. The normalized spacial score (nSPS) is 22.8. The molecule has 0 aromatic heterocycles. The third kappa shape index (κ3) is 2.25. The van der Waals surface area contributed by atoms with E-state index in [0.717, 1.165) is 5.56 Å². The van der Waals surface area contributed by atoms with Crippen molar-refractivity contribution in [1.29, 1.82) is 0 Å². The van der Waals surface area contributed by atoms with Gasteiger partial charge >= 0.3 is 0 Å². The molecule has 0 N–H and O–H groups in total. The molecule has 0 saturated carbocycles. The van der Waals surface area contributed by atoms with Crippen LogP contribution in [0.5, 0.6) is 0 Å². The average Bonchev–Trinajstić information content (AvgIpc) is 2.66. The van der Waals surface area contributed by atoms with E-state index in [0.29, 0.717) is 0 Å². The van der Waals surface area contributed by atoms with Crippen molar-refractivity contribution in [2.24, 2.45) is 0 Å². The van der Waals surface area contributed by atoms with Gasteiger partial charge < -0.3 is 0 Å². The molecule has 1 heterocycles. The van der Waals surface area contributed by atoms with Crippen LogP contribution in [-0.4, -0.2) is 27.8 Å². The summed E-state index contributed by atoms with van der Waals surface area (Å²) in [6.07, 6.45) is 0. The first-order chi connectivity index (χ1) is 12.0. The Bertz CT molecular complexity index is 952. The fourth-order valence-corrected chi connectivity index (χ4v) is 3.86. The van der Waals surface area contributed by atoms with E-state index in [4.69, 9.17) is 23.2 Å². The van der Waals surface area contributed by atoms with Gasteiger partial charge in [0.05, 0.1) is 6.04 Å². The van der Waals surface area contributed by atoms with Crippen molar-refractivity contribution in [2.75, 3.05) is 0 Å². The molecule has 0 bridgehead atoms. The number of ketones is 2. The Kier molecular flexibility index (Phi) is 3.74. The highest BCUT2D eigenvalue weighted by Crippen LogP contribution is 2.44. The van der Waals surface area contributed by atoms with Gasteiger partial charge in [-0.2, -0.15) is 0 Å². The Morgan fingerprint density at radius 3 is 2.00 bits per heavy atom.